The summed E-state index contributed by atoms with van der Waals surface area (Å²) in [6.45, 7) is 4.21. The van der Waals surface area contributed by atoms with Crippen LogP contribution >= 0.6 is 0 Å². The van der Waals surface area contributed by atoms with Gasteiger partial charge in [0.2, 0.25) is 0 Å². The van der Waals surface area contributed by atoms with Gasteiger partial charge in [-0.1, -0.05) is 24.3 Å². The minimum absolute atomic E-state index is 0.517. The highest BCUT2D eigenvalue weighted by molar-refractivity contribution is 5.79. The Morgan fingerprint density at radius 3 is 2.55 bits per heavy atom. The van der Waals surface area contributed by atoms with E-state index in [-0.39, 0.29) is 0 Å². The second-order valence-electron chi connectivity index (χ2n) is 7.12. The van der Waals surface area contributed by atoms with E-state index < -0.39 is 0 Å². The van der Waals surface area contributed by atoms with Crippen molar-refractivity contribution >= 4 is 5.96 Å². The van der Waals surface area contributed by atoms with Gasteiger partial charge >= 0.3 is 0 Å². The third-order valence-electron chi connectivity index (χ3n) is 4.94. The molecule has 1 N–H and O–H groups in total. The van der Waals surface area contributed by atoms with E-state index in [9.17, 15) is 0 Å². The molecule has 0 fully saturated rings. The first-order chi connectivity index (χ1) is 15.1. The van der Waals surface area contributed by atoms with Gasteiger partial charge in [0.15, 0.2) is 17.5 Å². The quantitative estimate of drug-likeness (QED) is 0.423. The Hall–Kier alpha value is -3.48. The number of nitrogens with one attached hydrogen (secondary N) is 1. The molecule has 164 valence electrons. The molecule has 3 rings (SSSR count). The predicted octanol–water partition coefficient (Wildman–Crippen LogP) is 3.53. The van der Waals surface area contributed by atoms with E-state index in [0.29, 0.717) is 6.54 Å². The molecule has 3 aromatic rings. The first-order valence-corrected chi connectivity index (χ1v) is 10.4. The van der Waals surface area contributed by atoms with E-state index in [1.165, 1.54) is 5.56 Å². The van der Waals surface area contributed by atoms with E-state index in [4.69, 9.17) is 14.5 Å². The maximum atomic E-state index is 5.41. The van der Waals surface area contributed by atoms with Crippen LogP contribution in [0, 0.1) is 0 Å². The zero-order valence-corrected chi connectivity index (χ0v) is 18.7. The molecular weight excluding hydrogens is 390 g/mol. The van der Waals surface area contributed by atoms with Gasteiger partial charge in [0.25, 0.3) is 0 Å². The number of rotatable bonds is 9. The molecule has 1 heterocycles. The lowest BCUT2D eigenvalue weighted by molar-refractivity contribution is 0.354. The smallest absolute Gasteiger partial charge is 0.194 e. The molecule has 0 bridgehead atoms. The molecule has 7 heteroatoms. The minimum atomic E-state index is 0.517. The van der Waals surface area contributed by atoms with E-state index >= 15 is 0 Å². The number of methoxy groups -OCH3 is 2. The Labute approximate surface area is 184 Å². The van der Waals surface area contributed by atoms with Gasteiger partial charge in [0, 0.05) is 26.3 Å². The van der Waals surface area contributed by atoms with Gasteiger partial charge in [0.1, 0.15) is 0 Å². The summed E-state index contributed by atoms with van der Waals surface area (Å²) in [6.07, 6.45) is 2.83. The molecule has 0 atom stereocenters. The van der Waals surface area contributed by atoms with Crippen molar-refractivity contribution in [2.45, 2.75) is 19.9 Å². The average Bonchev–Trinajstić information content (AvgIpc) is 3.29. The highest BCUT2D eigenvalue weighted by atomic mass is 16.5. The molecule has 2 aromatic carbocycles. The van der Waals surface area contributed by atoms with E-state index in [1.54, 1.807) is 14.2 Å². The zero-order chi connectivity index (χ0) is 22.1. The topological polar surface area (TPSA) is 63.9 Å². The number of aromatic nitrogens is 2. The van der Waals surface area contributed by atoms with Gasteiger partial charge in [-0.2, -0.15) is 5.10 Å². The highest BCUT2D eigenvalue weighted by Gasteiger charge is 2.09. The molecule has 0 radical (unpaired) electrons. The van der Waals surface area contributed by atoms with Crippen molar-refractivity contribution in [2.75, 3.05) is 34.4 Å². The molecule has 0 unspecified atom stereocenters. The van der Waals surface area contributed by atoms with Gasteiger partial charge in [-0.05, 0) is 49.2 Å². The summed E-state index contributed by atoms with van der Waals surface area (Å²) in [5, 5.41) is 8.00. The molecule has 0 spiro atoms. The third-order valence-corrected chi connectivity index (χ3v) is 4.94. The van der Waals surface area contributed by atoms with Crippen LogP contribution in [0.2, 0.25) is 0 Å². The van der Waals surface area contributed by atoms with E-state index in [1.807, 2.05) is 66.5 Å². The molecule has 0 aliphatic heterocycles. The maximum absolute atomic E-state index is 5.41. The summed E-state index contributed by atoms with van der Waals surface area (Å²) in [5.41, 5.74) is 3.14. The number of nitrogens with zero attached hydrogens (tertiary/aromatic N) is 4. The van der Waals surface area contributed by atoms with E-state index in [2.05, 4.69) is 28.3 Å². The number of ether oxygens (including phenoxy) is 2. The first-order valence-electron chi connectivity index (χ1n) is 10.4. The van der Waals surface area contributed by atoms with Crippen molar-refractivity contribution in [1.82, 2.24) is 20.0 Å². The average molecular weight is 422 g/mol. The molecule has 0 aliphatic carbocycles. The van der Waals surface area contributed by atoms with Crippen LogP contribution in [0.25, 0.3) is 5.69 Å². The van der Waals surface area contributed by atoms with Crippen molar-refractivity contribution in [3.05, 3.63) is 72.1 Å². The van der Waals surface area contributed by atoms with Crippen LogP contribution < -0.4 is 14.8 Å². The molecule has 0 aliphatic rings. The monoisotopic (exact) mass is 421 g/mol. The largest absolute Gasteiger partial charge is 0.493 e. The predicted molar refractivity (Wildman–Crippen MR) is 124 cm³/mol. The summed E-state index contributed by atoms with van der Waals surface area (Å²) < 4.78 is 12.6. The van der Waals surface area contributed by atoms with Crippen LogP contribution in [0.1, 0.15) is 18.2 Å². The maximum Gasteiger partial charge on any atom is 0.194 e. The summed E-state index contributed by atoms with van der Waals surface area (Å²) in [7, 11) is 5.35. The Morgan fingerprint density at radius 2 is 1.84 bits per heavy atom. The number of hydrogen-bond acceptors (Lipinski definition) is 4. The van der Waals surface area contributed by atoms with Gasteiger partial charge in [-0.3, -0.25) is 0 Å². The van der Waals surface area contributed by atoms with Crippen molar-refractivity contribution in [3.8, 4) is 17.2 Å². The Kier molecular flexibility index (Phi) is 7.92. The fraction of sp³-hybridized carbons (Fsp3) is 0.333. The van der Waals surface area contributed by atoms with Crippen LogP contribution in [-0.4, -0.2) is 55.0 Å². The standard InChI is InChI=1S/C24H31N5O2/c1-5-25-24(26-18-20-14-16-29(27-20)21-9-7-6-8-10-21)28(2)15-13-19-11-12-22(30-3)23(17-19)31-4/h6-12,14,16-17H,5,13,15,18H2,1-4H3,(H,25,26). The second-order valence-corrected chi connectivity index (χ2v) is 7.12. The van der Waals surface area contributed by atoms with Crippen LogP contribution in [-0.2, 0) is 13.0 Å². The van der Waals surface area contributed by atoms with Crippen molar-refractivity contribution in [3.63, 3.8) is 0 Å². The summed E-state index contributed by atoms with van der Waals surface area (Å²) in [6, 6.07) is 18.1. The lowest BCUT2D eigenvalue weighted by atomic mass is 10.1. The van der Waals surface area contributed by atoms with Gasteiger partial charge in [0.05, 0.1) is 32.1 Å². The van der Waals surface area contributed by atoms with E-state index in [0.717, 1.165) is 48.4 Å². The highest BCUT2D eigenvalue weighted by Crippen LogP contribution is 2.27. The molecule has 0 saturated heterocycles. The summed E-state index contributed by atoms with van der Waals surface area (Å²) in [5.74, 6) is 2.35. The van der Waals surface area contributed by atoms with Crippen molar-refractivity contribution in [1.29, 1.82) is 0 Å². The van der Waals surface area contributed by atoms with Crippen LogP contribution in [0.3, 0.4) is 0 Å². The fourth-order valence-electron chi connectivity index (χ4n) is 3.23. The number of para-hydroxylation sites is 1. The zero-order valence-electron chi connectivity index (χ0n) is 18.7. The number of benzene rings is 2. The third kappa shape index (κ3) is 6.01. The molecule has 1 aromatic heterocycles. The molecule has 31 heavy (non-hydrogen) atoms. The van der Waals surface area contributed by atoms with Crippen LogP contribution in [0.4, 0.5) is 0 Å². The molecular formula is C24H31N5O2. The van der Waals surface area contributed by atoms with Gasteiger partial charge in [-0.15, -0.1) is 0 Å². The molecule has 0 saturated carbocycles. The van der Waals surface area contributed by atoms with Crippen molar-refractivity contribution < 1.29 is 9.47 Å². The number of aliphatic imine (C=N–C) groups is 1. The number of hydrogen-bond donors (Lipinski definition) is 1. The lowest BCUT2D eigenvalue weighted by Gasteiger charge is -2.22. The normalized spacial score (nSPS) is 11.3. The number of likely N-dealkylation sites (N-methyl/N-ethyl adjacent to an activating group) is 1. The first kappa shape index (κ1) is 22.2. The summed E-state index contributed by atoms with van der Waals surface area (Å²) >= 11 is 0. The fourth-order valence-corrected chi connectivity index (χ4v) is 3.23. The Morgan fingerprint density at radius 1 is 1.06 bits per heavy atom. The number of guanidine groups is 1. The van der Waals surface area contributed by atoms with Crippen LogP contribution in [0.15, 0.2) is 65.8 Å². The molecule has 0 amide bonds. The Balaban J connectivity index is 1.63. The summed E-state index contributed by atoms with van der Waals surface area (Å²) in [4.78, 5) is 6.91. The molecule has 7 nitrogen and oxygen atoms in total. The SMILES string of the molecule is CCNC(=NCc1ccn(-c2ccccc2)n1)N(C)CCc1ccc(OC)c(OC)c1. The lowest BCUT2D eigenvalue weighted by Crippen LogP contribution is -2.40. The van der Waals surface area contributed by atoms with Gasteiger partial charge in [-0.25, -0.2) is 9.67 Å². The van der Waals surface area contributed by atoms with Crippen molar-refractivity contribution in [2.24, 2.45) is 4.99 Å². The Bertz CT molecular complexity index is 985. The second kappa shape index (κ2) is 11.1. The van der Waals surface area contributed by atoms with Crippen LogP contribution in [0.5, 0.6) is 11.5 Å². The van der Waals surface area contributed by atoms with Gasteiger partial charge < -0.3 is 19.7 Å². The minimum Gasteiger partial charge on any atom is -0.493 e.